The number of carbonyl (C=O) groups is 1. The Morgan fingerprint density at radius 1 is 0.720 bits per heavy atom. The third-order valence-corrected chi connectivity index (χ3v) is 8.72. The first-order valence-electron chi connectivity index (χ1n) is 17.0. The van der Waals surface area contributed by atoms with Gasteiger partial charge in [-0.1, -0.05) is 109 Å². The van der Waals surface area contributed by atoms with Gasteiger partial charge in [-0.3, -0.25) is 4.79 Å². The maximum atomic E-state index is 14.3. The number of hydrogen-bond donors (Lipinski definition) is 3. The number of aromatic nitrogens is 2. The Labute approximate surface area is 293 Å². The Bertz CT molecular complexity index is 2180. The molecule has 0 saturated carbocycles. The number of benzene rings is 5. The summed E-state index contributed by atoms with van der Waals surface area (Å²) in [6.07, 6.45) is 1.01. The molecule has 1 heterocycles. The molecule has 5 aromatic carbocycles. The van der Waals surface area contributed by atoms with Crippen molar-refractivity contribution in [3.05, 3.63) is 120 Å². The molecule has 1 aromatic heterocycles. The molecule has 0 spiro atoms. The average molecular weight is 666 g/mol. The molecule has 0 aliphatic heterocycles. The molecule has 0 saturated heterocycles. The SMILES string of the molecule is CC.CC(C)(C)CC(C)(C)c1ccc(Oc2cc(Nc3ccccc3)c3c4c(nc(-c5c(O)cccc5O)nc24)-c2ccccc2C3=O)cc1. The monoisotopic (exact) mass is 665 g/mol. The molecule has 6 aromatic rings. The van der Waals surface area contributed by atoms with Gasteiger partial charge in [0.15, 0.2) is 17.4 Å². The van der Waals surface area contributed by atoms with E-state index in [4.69, 9.17) is 14.7 Å². The first-order valence-corrected chi connectivity index (χ1v) is 17.0. The quantitative estimate of drug-likeness (QED) is 0.156. The van der Waals surface area contributed by atoms with Crippen molar-refractivity contribution in [3.8, 4) is 45.6 Å². The zero-order chi connectivity index (χ0) is 35.8. The first-order chi connectivity index (χ1) is 23.9. The van der Waals surface area contributed by atoms with E-state index in [1.54, 1.807) is 18.2 Å². The van der Waals surface area contributed by atoms with E-state index in [1.165, 1.54) is 17.7 Å². The van der Waals surface area contributed by atoms with Gasteiger partial charge in [-0.2, -0.15) is 0 Å². The smallest absolute Gasteiger partial charge is 0.196 e. The summed E-state index contributed by atoms with van der Waals surface area (Å²) in [5.41, 5.74) is 5.20. The summed E-state index contributed by atoms with van der Waals surface area (Å²) in [4.78, 5) is 24.0. The Morgan fingerprint density at radius 3 is 1.98 bits per heavy atom. The van der Waals surface area contributed by atoms with Crippen molar-refractivity contribution in [1.82, 2.24) is 9.97 Å². The minimum Gasteiger partial charge on any atom is -0.507 e. The predicted molar refractivity (Wildman–Crippen MR) is 202 cm³/mol. The van der Waals surface area contributed by atoms with Gasteiger partial charge in [-0.25, -0.2) is 9.97 Å². The van der Waals surface area contributed by atoms with Crippen LogP contribution in [-0.4, -0.2) is 26.0 Å². The summed E-state index contributed by atoms with van der Waals surface area (Å²) < 4.78 is 6.63. The van der Waals surface area contributed by atoms with Crippen LogP contribution in [0.1, 0.15) is 76.4 Å². The van der Waals surface area contributed by atoms with Gasteiger partial charge in [0.1, 0.15) is 28.3 Å². The Hall–Kier alpha value is -5.69. The van der Waals surface area contributed by atoms with Crippen LogP contribution in [0.3, 0.4) is 0 Å². The summed E-state index contributed by atoms with van der Waals surface area (Å²) in [7, 11) is 0. The fraction of sp³-hybridized carbons (Fsp3) is 0.233. The lowest BCUT2D eigenvalue weighted by Gasteiger charge is -2.33. The summed E-state index contributed by atoms with van der Waals surface area (Å²) >= 11 is 0. The van der Waals surface area contributed by atoms with Gasteiger partial charge in [-0.05, 0) is 59.2 Å². The highest BCUT2D eigenvalue weighted by Crippen LogP contribution is 2.48. The lowest BCUT2D eigenvalue weighted by Crippen LogP contribution is -2.24. The Kier molecular flexibility index (Phi) is 9.10. The highest BCUT2D eigenvalue weighted by Gasteiger charge is 2.33. The zero-order valence-electron chi connectivity index (χ0n) is 29.6. The molecule has 0 fully saturated rings. The number of phenolic OH excluding ortho intramolecular Hbond substituents is 2. The molecule has 0 unspecified atom stereocenters. The number of hydrogen-bond acceptors (Lipinski definition) is 7. The van der Waals surface area contributed by atoms with E-state index in [-0.39, 0.29) is 39.5 Å². The number of ketones is 1. The zero-order valence-corrected chi connectivity index (χ0v) is 29.6. The predicted octanol–water partition coefficient (Wildman–Crippen LogP) is 11.2. The van der Waals surface area contributed by atoms with E-state index in [2.05, 4.69) is 52.1 Å². The molecule has 1 aliphatic rings. The largest absolute Gasteiger partial charge is 0.507 e. The molecule has 3 N–H and O–H groups in total. The average Bonchev–Trinajstić information content (AvgIpc) is 3.08. The van der Waals surface area contributed by atoms with Crippen molar-refractivity contribution in [1.29, 1.82) is 0 Å². The van der Waals surface area contributed by atoms with Crippen LogP contribution in [0.2, 0.25) is 0 Å². The van der Waals surface area contributed by atoms with E-state index in [0.29, 0.717) is 50.5 Å². The van der Waals surface area contributed by atoms with Gasteiger partial charge in [0, 0.05) is 28.3 Å². The minimum absolute atomic E-state index is 0.0423. The van der Waals surface area contributed by atoms with Gasteiger partial charge < -0.3 is 20.3 Å². The standard InChI is InChI=1S/C41H37N3O4.C2H6/c1-40(2,3)23-41(4,5)24-18-20-26(21-19-24)48-32-22-29(42-25-12-7-6-8-13-25)33-35-36(27-14-9-10-15-28(27)38(33)47)43-39(44-37(32)35)34-30(45)16-11-17-31(34)46;1-2/h6-22,42,45-46H,23H2,1-5H3;1-2H3. The van der Waals surface area contributed by atoms with E-state index in [9.17, 15) is 15.0 Å². The van der Waals surface area contributed by atoms with Gasteiger partial charge in [0.05, 0.1) is 16.9 Å². The molecular formula is C43H43N3O4. The lowest BCUT2D eigenvalue weighted by atomic mass is 9.72. The molecule has 0 amide bonds. The molecule has 1 aliphatic carbocycles. The van der Waals surface area contributed by atoms with Gasteiger partial charge in [0.2, 0.25) is 0 Å². The Balaban J connectivity index is 0.00000212. The Morgan fingerprint density at radius 2 is 1.34 bits per heavy atom. The van der Waals surface area contributed by atoms with Gasteiger partial charge in [0.25, 0.3) is 0 Å². The first kappa shape index (κ1) is 34.2. The van der Waals surface area contributed by atoms with Crippen molar-refractivity contribution in [2.75, 3.05) is 5.32 Å². The summed E-state index contributed by atoms with van der Waals surface area (Å²) in [5, 5.41) is 25.6. The van der Waals surface area contributed by atoms with Crippen molar-refractivity contribution < 1.29 is 19.7 Å². The minimum atomic E-state index is -0.166. The summed E-state index contributed by atoms with van der Waals surface area (Å²) in [6, 6.07) is 31.3. The van der Waals surface area contributed by atoms with Gasteiger partial charge in [-0.15, -0.1) is 0 Å². The van der Waals surface area contributed by atoms with Crippen LogP contribution in [0.15, 0.2) is 103 Å². The maximum Gasteiger partial charge on any atom is 0.196 e. The van der Waals surface area contributed by atoms with Crippen molar-refractivity contribution in [3.63, 3.8) is 0 Å². The molecule has 0 bridgehead atoms. The van der Waals surface area contributed by atoms with Gasteiger partial charge >= 0.3 is 0 Å². The molecule has 7 nitrogen and oxygen atoms in total. The van der Waals surface area contributed by atoms with Crippen LogP contribution >= 0.6 is 0 Å². The highest BCUT2D eigenvalue weighted by molar-refractivity contribution is 6.28. The lowest BCUT2D eigenvalue weighted by molar-refractivity contribution is 0.104. The number of ether oxygens (including phenoxy) is 1. The molecule has 0 radical (unpaired) electrons. The number of anilines is 2. The van der Waals surface area contributed by atoms with Crippen LogP contribution < -0.4 is 10.1 Å². The molecule has 7 rings (SSSR count). The summed E-state index contributed by atoms with van der Waals surface area (Å²) in [6.45, 7) is 15.3. The van der Waals surface area contributed by atoms with Crippen LogP contribution in [0.25, 0.3) is 33.5 Å². The maximum absolute atomic E-state index is 14.3. The number of fused-ring (bicyclic) bond motifs is 2. The van der Waals surface area contributed by atoms with E-state index < -0.39 is 0 Å². The number of nitrogens with zero attached hydrogens (tertiary/aromatic N) is 2. The molecule has 0 atom stereocenters. The normalized spacial score (nSPS) is 12.2. The fourth-order valence-corrected chi connectivity index (χ4v) is 6.99. The number of carbonyl (C=O) groups excluding carboxylic acids is 1. The highest BCUT2D eigenvalue weighted by atomic mass is 16.5. The molecule has 254 valence electrons. The van der Waals surface area contributed by atoms with Crippen molar-refractivity contribution in [2.24, 2.45) is 5.41 Å². The second-order valence-corrected chi connectivity index (χ2v) is 14.2. The topological polar surface area (TPSA) is 105 Å². The van der Waals surface area contributed by atoms with Crippen LogP contribution in [0.5, 0.6) is 23.0 Å². The third-order valence-electron chi connectivity index (χ3n) is 8.72. The van der Waals surface area contributed by atoms with Crippen molar-refractivity contribution >= 4 is 28.1 Å². The van der Waals surface area contributed by atoms with E-state index in [0.717, 1.165) is 12.1 Å². The number of phenols is 2. The number of aromatic hydroxyl groups is 2. The van der Waals surface area contributed by atoms with Crippen LogP contribution in [0.4, 0.5) is 11.4 Å². The second kappa shape index (κ2) is 13.3. The molecular weight excluding hydrogens is 622 g/mol. The third kappa shape index (κ3) is 6.51. The number of nitrogens with one attached hydrogen (secondary N) is 1. The number of para-hydroxylation sites is 1. The second-order valence-electron chi connectivity index (χ2n) is 14.2. The van der Waals surface area contributed by atoms with E-state index >= 15 is 0 Å². The molecule has 7 heteroatoms. The molecule has 50 heavy (non-hydrogen) atoms. The van der Waals surface area contributed by atoms with Crippen molar-refractivity contribution in [2.45, 2.75) is 60.3 Å². The number of rotatable bonds is 7. The van der Waals surface area contributed by atoms with Crippen LogP contribution in [0, 0.1) is 5.41 Å². The van der Waals surface area contributed by atoms with E-state index in [1.807, 2.05) is 74.5 Å². The fourth-order valence-electron chi connectivity index (χ4n) is 6.99. The van der Waals surface area contributed by atoms with Crippen LogP contribution in [-0.2, 0) is 5.41 Å². The summed E-state index contributed by atoms with van der Waals surface area (Å²) in [5.74, 6) is 0.596.